The van der Waals surface area contributed by atoms with Gasteiger partial charge in [0.05, 0.1) is 6.61 Å². The van der Waals surface area contributed by atoms with E-state index in [1.54, 1.807) is 0 Å². The largest absolute Gasteiger partial charge is 0.493 e. The van der Waals surface area contributed by atoms with Gasteiger partial charge in [0.2, 0.25) is 0 Å². The molecule has 0 aliphatic carbocycles. The van der Waals surface area contributed by atoms with E-state index >= 15 is 0 Å². The van der Waals surface area contributed by atoms with Gasteiger partial charge in [-0.15, -0.1) is 0 Å². The lowest BCUT2D eigenvalue weighted by atomic mass is 10.0. The van der Waals surface area contributed by atoms with Crippen LogP contribution in [0.4, 0.5) is 0 Å². The first-order valence-electron chi connectivity index (χ1n) is 6.76. The fourth-order valence-electron chi connectivity index (χ4n) is 2.59. The minimum Gasteiger partial charge on any atom is -0.493 e. The molecule has 1 saturated heterocycles. The molecule has 0 amide bonds. The van der Waals surface area contributed by atoms with Crippen molar-refractivity contribution in [2.75, 3.05) is 20.2 Å². The number of benzene rings is 1. The Labute approximate surface area is 118 Å². The van der Waals surface area contributed by atoms with E-state index in [-0.39, 0.29) is 0 Å². The highest BCUT2D eigenvalue weighted by molar-refractivity contribution is 9.10. The number of nitrogens with zero attached hydrogens (tertiary/aromatic N) is 1. The van der Waals surface area contributed by atoms with Crippen molar-refractivity contribution in [2.24, 2.45) is 0 Å². The van der Waals surface area contributed by atoms with Gasteiger partial charge in [-0.05, 0) is 63.5 Å². The van der Waals surface area contributed by atoms with Gasteiger partial charge in [-0.25, -0.2) is 0 Å². The SMILES string of the molecule is Cc1cc(Br)ccc1OCCC1CCCCN1C. The molecule has 1 atom stereocenters. The second-order valence-corrected chi connectivity index (χ2v) is 6.09. The molecule has 1 aromatic carbocycles. The highest BCUT2D eigenvalue weighted by atomic mass is 79.9. The van der Waals surface area contributed by atoms with E-state index in [0.717, 1.165) is 23.2 Å². The van der Waals surface area contributed by atoms with Gasteiger partial charge >= 0.3 is 0 Å². The van der Waals surface area contributed by atoms with Crippen molar-refractivity contribution in [3.05, 3.63) is 28.2 Å². The maximum atomic E-state index is 5.90. The third-order valence-corrected chi connectivity index (χ3v) is 4.26. The Balaban J connectivity index is 1.81. The molecule has 1 fully saturated rings. The molecule has 18 heavy (non-hydrogen) atoms. The number of rotatable bonds is 4. The highest BCUT2D eigenvalue weighted by Gasteiger charge is 2.18. The van der Waals surface area contributed by atoms with Crippen LogP contribution in [0.25, 0.3) is 0 Å². The summed E-state index contributed by atoms with van der Waals surface area (Å²) in [6, 6.07) is 6.88. The van der Waals surface area contributed by atoms with Gasteiger partial charge in [-0.1, -0.05) is 22.4 Å². The number of aryl methyl sites for hydroxylation is 1. The molecule has 100 valence electrons. The van der Waals surface area contributed by atoms with Gasteiger partial charge in [-0.2, -0.15) is 0 Å². The lowest BCUT2D eigenvalue weighted by Crippen LogP contribution is -2.37. The zero-order chi connectivity index (χ0) is 13.0. The van der Waals surface area contributed by atoms with Crippen LogP contribution in [0, 0.1) is 6.92 Å². The van der Waals surface area contributed by atoms with Gasteiger partial charge in [-0.3, -0.25) is 0 Å². The molecule has 0 N–H and O–H groups in total. The van der Waals surface area contributed by atoms with Gasteiger partial charge in [0.25, 0.3) is 0 Å². The van der Waals surface area contributed by atoms with Crippen LogP contribution in [0.2, 0.25) is 0 Å². The molecule has 1 aromatic rings. The number of likely N-dealkylation sites (tertiary alicyclic amines) is 1. The van der Waals surface area contributed by atoms with E-state index in [2.05, 4.69) is 40.9 Å². The van der Waals surface area contributed by atoms with Crippen molar-refractivity contribution in [2.45, 2.75) is 38.6 Å². The molecule has 1 aliphatic heterocycles. The minimum atomic E-state index is 0.703. The van der Waals surface area contributed by atoms with Crippen LogP contribution in [0.1, 0.15) is 31.2 Å². The Morgan fingerprint density at radius 1 is 1.39 bits per heavy atom. The standard InChI is InChI=1S/C15H22BrNO/c1-12-11-13(16)6-7-15(12)18-10-8-14-5-3-4-9-17(14)2/h6-7,11,14H,3-5,8-10H2,1-2H3. The molecular formula is C15H22BrNO. The average Bonchev–Trinajstić information content (AvgIpc) is 2.34. The molecule has 3 heteroatoms. The van der Waals surface area contributed by atoms with Crippen LogP contribution in [0.15, 0.2) is 22.7 Å². The first-order chi connectivity index (χ1) is 8.66. The number of ether oxygens (including phenoxy) is 1. The lowest BCUT2D eigenvalue weighted by Gasteiger charge is -2.32. The molecule has 0 saturated carbocycles. The maximum absolute atomic E-state index is 5.90. The molecule has 0 bridgehead atoms. The number of halogens is 1. The maximum Gasteiger partial charge on any atom is 0.122 e. The Kier molecular flexibility index (Phi) is 5.07. The first-order valence-corrected chi connectivity index (χ1v) is 7.55. The summed E-state index contributed by atoms with van der Waals surface area (Å²) in [7, 11) is 2.23. The van der Waals surface area contributed by atoms with Crippen LogP contribution < -0.4 is 4.74 Å². The molecule has 1 heterocycles. The number of hydrogen-bond acceptors (Lipinski definition) is 2. The summed E-state index contributed by atoms with van der Waals surface area (Å²) in [5.74, 6) is 1.01. The second kappa shape index (κ2) is 6.58. The van der Waals surface area contributed by atoms with E-state index in [1.165, 1.54) is 31.4 Å². The fourth-order valence-corrected chi connectivity index (χ4v) is 3.06. The average molecular weight is 312 g/mol. The number of hydrogen-bond donors (Lipinski definition) is 0. The zero-order valence-corrected chi connectivity index (χ0v) is 12.9. The van der Waals surface area contributed by atoms with E-state index < -0.39 is 0 Å². The topological polar surface area (TPSA) is 12.5 Å². The van der Waals surface area contributed by atoms with E-state index in [9.17, 15) is 0 Å². The van der Waals surface area contributed by atoms with Crippen LogP contribution in [0.5, 0.6) is 5.75 Å². The third kappa shape index (κ3) is 3.72. The van der Waals surface area contributed by atoms with Crippen molar-refractivity contribution in [1.29, 1.82) is 0 Å². The molecule has 0 radical (unpaired) electrons. The fraction of sp³-hybridized carbons (Fsp3) is 0.600. The first kappa shape index (κ1) is 13.9. The molecular weight excluding hydrogens is 290 g/mol. The quantitative estimate of drug-likeness (QED) is 0.833. The Morgan fingerprint density at radius 2 is 2.22 bits per heavy atom. The van der Waals surface area contributed by atoms with Gasteiger partial charge in [0.15, 0.2) is 0 Å². The summed E-state index contributed by atoms with van der Waals surface area (Å²) >= 11 is 3.47. The molecule has 2 nitrogen and oxygen atoms in total. The summed E-state index contributed by atoms with van der Waals surface area (Å²) in [6.45, 7) is 4.15. The Hall–Kier alpha value is -0.540. The van der Waals surface area contributed by atoms with Gasteiger partial charge in [0.1, 0.15) is 5.75 Å². The molecule has 1 unspecified atom stereocenters. The minimum absolute atomic E-state index is 0.703. The summed E-state index contributed by atoms with van der Waals surface area (Å²) in [6.07, 6.45) is 5.16. The van der Waals surface area contributed by atoms with Crippen LogP contribution in [-0.4, -0.2) is 31.1 Å². The molecule has 0 spiro atoms. The molecule has 2 rings (SSSR count). The lowest BCUT2D eigenvalue weighted by molar-refractivity contribution is 0.153. The smallest absolute Gasteiger partial charge is 0.122 e. The van der Waals surface area contributed by atoms with Gasteiger partial charge in [0, 0.05) is 10.5 Å². The third-order valence-electron chi connectivity index (χ3n) is 3.77. The van der Waals surface area contributed by atoms with Crippen LogP contribution in [0.3, 0.4) is 0 Å². The summed E-state index contributed by atoms with van der Waals surface area (Å²) < 4.78 is 7.01. The van der Waals surface area contributed by atoms with E-state index in [0.29, 0.717) is 6.04 Å². The van der Waals surface area contributed by atoms with E-state index in [4.69, 9.17) is 4.74 Å². The highest BCUT2D eigenvalue weighted by Crippen LogP contribution is 2.23. The van der Waals surface area contributed by atoms with Crippen molar-refractivity contribution < 1.29 is 4.74 Å². The molecule has 0 aromatic heterocycles. The Morgan fingerprint density at radius 3 is 2.94 bits per heavy atom. The predicted octanol–water partition coefficient (Wildman–Crippen LogP) is 4.01. The molecule has 1 aliphatic rings. The zero-order valence-electron chi connectivity index (χ0n) is 11.3. The van der Waals surface area contributed by atoms with E-state index in [1.807, 2.05) is 12.1 Å². The van der Waals surface area contributed by atoms with Crippen molar-refractivity contribution in [1.82, 2.24) is 4.90 Å². The summed E-state index contributed by atoms with van der Waals surface area (Å²) in [4.78, 5) is 2.47. The van der Waals surface area contributed by atoms with Crippen LogP contribution >= 0.6 is 15.9 Å². The van der Waals surface area contributed by atoms with Crippen LogP contribution in [-0.2, 0) is 0 Å². The summed E-state index contributed by atoms with van der Waals surface area (Å²) in [5.41, 5.74) is 1.20. The monoisotopic (exact) mass is 311 g/mol. The summed E-state index contributed by atoms with van der Waals surface area (Å²) in [5, 5.41) is 0. The Bertz CT molecular complexity index is 394. The normalized spacial score (nSPS) is 20.9. The predicted molar refractivity (Wildman–Crippen MR) is 79.3 cm³/mol. The number of piperidine rings is 1. The van der Waals surface area contributed by atoms with Crippen molar-refractivity contribution in [3.63, 3.8) is 0 Å². The second-order valence-electron chi connectivity index (χ2n) is 5.18. The van der Waals surface area contributed by atoms with Gasteiger partial charge < -0.3 is 9.64 Å². The van der Waals surface area contributed by atoms with Crippen molar-refractivity contribution in [3.8, 4) is 5.75 Å². The van der Waals surface area contributed by atoms with Crippen molar-refractivity contribution >= 4 is 15.9 Å².